The average molecular weight is 282 g/mol. The topological polar surface area (TPSA) is 79.3 Å². The van der Waals surface area contributed by atoms with Gasteiger partial charge in [0.25, 0.3) is 5.91 Å². The highest BCUT2D eigenvalue weighted by Crippen LogP contribution is 2.36. The first-order valence-electron chi connectivity index (χ1n) is 6.39. The summed E-state index contributed by atoms with van der Waals surface area (Å²) in [5.41, 5.74) is 1.45. The Hall–Kier alpha value is -1.43. The van der Waals surface area contributed by atoms with Crippen LogP contribution in [-0.2, 0) is 4.79 Å². The number of amides is 1. The van der Waals surface area contributed by atoms with Crippen LogP contribution in [0.1, 0.15) is 48.0 Å². The number of carboxylic acids is 1. The summed E-state index contributed by atoms with van der Waals surface area (Å²) in [6.45, 7) is 3.50. The van der Waals surface area contributed by atoms with E-state index in [2.05, 4.69) is 10.3 Å². The van der Waals surface area contributed by atoms with E-state index in [1.807, 2.05) is 0 Å². The normalized spacial score (nSPS) is 26.9. The molecule has 19 heavy (non-hydrogen) atoms. The molecule has 2 unspecified atom stereocenters. The molecular weight excluding hydrogens is 264 g/mol. The number of carbonyl (C=O) groups is 2. The lowest BCUT2D eigenvalue weighted by Crippen LogP contribution is -2.52. The van der Waals surface area contributed by atoms with Gasteiger partial charge < -0.3 is 10.4 Å². The molecule has 1 aromatic heterocycles. The van der Waals surface area contributed by atoms with Gasteiger partial charge in [-0.25, -0.2) is 4.98 Å². The largest absolute Gasteiger partial charge is 0.481 e. The van der Waals surface area contributed by atoms with Gasteiger partial charge in [0, 0.05) is 6.04 Å². The minimum Gasteiger partial charge on any atom is -0.481 e. The maximum absolute atomic E-state index is 12.2. The third kappa shape index (κ3) is 2.63. The van der Waals surface area contributed by atoms with Gasteiger partial charge >= 0.3 is 5.97 Å². The first kappa shape index (κ1) is 14.0. The molecule has 0 aromatic carbocycles. The first-order chi connectivity index (χ1) is 8.95. The van der Waals surface area contributed by atoms with Gasteiger partial charge in [0.15, 0.2) is 0 Å². The zero-order valence-corrected chi connectivity index (χ0v) is 11.9. The number of aryl methyl sites for hydroxylation is 1. The Morgan fingerprint density at radius 1 is 1.53 bits per heavy atom. The quantitative estimate of drug-likeness (QED) is 0.891. The van der Waals surface area contributed by atoms with Gasteiger partial charge in [0.2, 0.25) is 0 Å². The number of hydrogen-bond acceptors (Lipinski definition) is 4. The van der Waals surface area contributed by atoms with Gasteiger partial charge in [-0.1, -0.05) is 12.8 Å². The molecule has 6 heteroatoms. The lowest BCUT2D eigenvalue weighted by Gasteiger charge is -2.38. The summed E-state index contributed by atoms with van der Waals surface area (Å²) in [5, 5.41) is 12.3. The Balaban J connectivity index is 2.15. The third-order valence-electron chi connectivity index (χ3n) is 3.95. The number of nitrogens with zero attached hydrogens (tertiary/aromatic N) is 1. The zero-order chi connectivity index (χ0) is 14.0. The number of aliphatic carboxylic acids is 1. The van der Waals surface area contributed by atoms with Crippen molar-refractivity contribution < 1.29 is 14.7 Å². The summed E-state index contributed by atoms with van der Waals surface area (Å²) in [6, 6.07) is -0.312. The van der Waals surface area contributed by atoms with E-state index in [1.165, 1.54) is 11.3 Å². The predicted octanol–water partition coefficient (Wildman–Crippen LogP) is 2.21. The molecule has 1 fully saturated rings. The van der Waals surface area contributed by atoms with E-state index in [-0.39, 0.29) is 11.9 Å². The molecule has 1 aliphatic rings. The minimum absolute atomic E-state index is 0.209. The minimum atomic E-state index is -0.869. The Bertz CT molecular complexity index is 500. The molecule has 2 atom stereocenters. The van der Waals surface area contributed by atoms with E-state index in [9.17, 15) is 14.7 Å². The predicted molar refractivity (Wildman–Crippen MR) is 72.3 cm³/mol. The molecule has 0 aliphatic heterocycles. The molecule has 1 heterocycles. The molecule has 1 aromatic rings. The van der Waals surface area contributed by atoms with Crippen LogP contribution in [0.5, 0.6) is 0 Å². The van der Waals surface area contributed by atoms with Gasteiger partial charge in [-0.3, -0.25) is 9.59 Å². The van der Waals surface area contributed by atoms with Gasteiger partial charge in [-0.15, -0.1) is 11.3 Å². The summed E-state index contributed by atoms with van der Waals surface area (Å²) >= 11 is 1.28. The van der Waals surface area contributed by atoms with Crippen LogP contribution in [0, 0.1) is 12.3 Å². The molecule has 0 radical (unpaired) electrons. The number of rotatable bonds is 3. The summed E-state index contributed by atoms with van der Waals surface area (Å²) in [5.74, 6) is -1.04. The summed E-state index contributed by atoms with van der Waals surface area (Å²) < 4.78 is 0. The van der Waals surface area contributed by atoms with Crippen molar-refractivity contribution in [3.8, 4) is 0 Å². The average Bonchev–Trinajstić information content (AvgIpc) is 2.78. The van der Waals surface area contributed by atoms with E-state index in [1.54, 1.807) is 19.4 Å². The second-order valence-corrected chi connectivity index (χ2v) is 6.12. The maximum Gasteiger partial charge on any atom is 0.311 e. The lowest BCUT2D eigenvalue weighted by atomic mass is 9.71. The number of carbonyl (C=O) groups excluding carboxylic acids is 1. The van der Waals surface area contributed by atoms with Crippen LogP contribution in [0.2, 0.25) is 0 Å². The molecule has 2 rings (SSSR count). The van der Waals surface area contributed by atoms with Crippen molar-refractivity contribution in [1.29, 1.82) is 0 Å². The maximum atomic E-state index is 12.2. The second kappa shape index (κ2) is 5.28. The molecule has 1 saturated carbocycles. The Morgan fingerprint density at radius 3 is 2.84 bits per heavy atom. The fourth-order valence-corrected chi connectivity index (χ4v) is 3.27. The lowest BCUT2D eigenvalue weighted by molar-refractivity contribution is -0.151. The summed E-state index contributed by atoms with van der Waals surface area (Å²) in [7, 11) is 0. The number of aromatic nitrogens is 1. The van der Waals surface area contributed by atoms with E-state index < -0.39 is 11.4 Å². The number of thiazole rings is 1. The highest BCUT2D eigenvalue weighted by Gasteiger charge is 2.44. The van der Waals surface area contributed by atoms with E-state index >= 15 is 0 Å². The molecular formula is C13H18N2O3S. The molecule has 1 aliphatic carbocycles. The second-order valence-electron chi connectivity index (χ2n) is 5.26. The van der Waals surface area contributed by atoms with Gasteiger partial charge in [-0.2, -0.15) is 0 Å². The number of carboxylic acid groups (broad SMARTS) is 1. The number of nitrogens with one attached hydrogen (secondary N) is 1. The van der Waals surface area contributed by atoms with E-state index in [4.69, 9.17) is 0 Å². The van der Waals surface area contributed by atoms with Crippen LogP contribution in [0.4, 0.5) is 0 Å². The van der Waals surface area contributed by atoms with Gasteiger partial charge in [-0.05, 0) is 26.7 Å². The highest BCUT2D eigenvalue weighted by atomic mass is 32.1. The van der Waals surface area contributed by atoms with Crippen LogP contribution in [0.15, 0.2) is 5.51 Å². The molecule has 0 spiro atoms. The van der Waals surface area contributed by atoms with Crippen LogP contribution in [0.25, 0.3) is 0 Å². The fourth-order valence-electron chi connectivity index (χ4n) is 2.56. The highest BCUT2D eigenvalue weighted by molar-refractivity contribution is 7.11. The monoisotopic (exact) mass is 282 g/mol. The van der Waals surface area contributed by atoms with E-state index in [0.717, 1.165) is 12.8 Å². The van der Waals surface area contributed by atoms with Gasteiger partial charge in [0.1, 0.15) is 4.88 Å². The van der Waals surface area contributed by atoms with Crippen molar-refractivity contribution in [2.75, 3.05) is 0 Å². The van der Waals surface area contributed by atoms with Crippen molar-refractivity contribution in [3.63, 3.8) is 0 Å². The van der Waals surface area contributed by atoms with Crippen molar-refractivity contribution in [3.05, 3.63) is 16.1 Å². The van der Waals surface area contributed by atoms with Gasteiger partial charge in [0.05, 0.1) is 16.6 Å². The van der Waals surface area contributed by atoms with Crippen molar-refractivity contribution in [2.24, 2.45) is 5.41 Å². The molecule has 0 bridgehead atoms. The zero-order valence-electron chi connectivity index (χ0n) is 11.1. The number of hydrogen-bond donors (Lipinski definition) is 2. The van der Waals surface area contributed by atoms with Crippen LogP contribution < -0.4 is 5.32 Å². The first-order valence-corrected chi connectivity index (χ1v) is 7.27. The SMILES string of the molecule is Cc1ncsc1C(=O)NC1CCCCC1(C)C(=O)O. The molecule has 5 nitrogen and oxygen atoms in total. The Labute approximate surface area is 116 Å². The van der Waals surface area contributed by atoms with Crippen molar-refractivity contribution >= 4 is 23.2 Å². The Morgan fingerprint density at radius 2 is 2.26 bits per heavy atom. The standard InChI is InChI=1S/C13H18N2O3S/c1-8-10(19-7-14-8)11(16)15-9-5-3-4-6-13(9,2)12(17)18/h7,9H,3-6H2,1-2H3,(H,15,16)(H,17,18). The van der Waals surface area contributed by atoms with Crippen molar-refractivity contribution in [2.45, 2.75) is 45.6 Å². The van der Waals surface area contributed by atoms with Crippen LogP contribution in [-0.4, -0.2) is 28.0 Å². The molecule has 1 amide bonds. The van der Waals surface area contributed by atoms with Crippen LogP contribution in [0.3, 0.4) is 0 Å². The molecule has 0 saturated heterocycles. The smallest absolute Gasteiger partial charge is 0.311 e. The third-order valence-corrected chi connectivity index (χ3v) is 4.88. The van der Waals surface area contributed by atoms with E-state index in [0.29, 0.717) is 23.4 Å². The molecule has 104 valence electrons. The van der Waals surface area contributed by atoms with Crippen LogP contribution >= 0.6 is 11.3 Å². The van der Waals surface area contributed by atoms with Crippen molar-refractivity contribution in [1.82, 2.24) is 10.3 Å². The molecule has 2 N–H and O–H groups in total. The Kier molecular flexibility index (Phi) is 3.89. The summed E-state index contributed by atoms with van der Waals surface area (Å²) in [4.78, 5) is 28.2. The summed E-state index contributed by atoms with van der Waals surface area (Å²) in [6.07, 6.45) is 3.17. The fraction of sp³-hybridized carbons (Fsp3) is 0.615.